The summed E-state index contributed by atoms with van der Waals surface area (Å²) < 4.78 is 6.75. The van der Waals surface area contributed by atoms with E-state index in [1.807, 2.05) is 0 Å². The molecule has 2 nitrogen and oxygen atoms in total. The Labute approximate surface area is 128 Å². The van der Waals surface area contributed by atoms with E-state index in [9.17, 15) is 0 Å². The van der Waals surface area contributed by atoms with Crippen molar-refractivity contribution < 1.29 is 9.22 Å². The number of piperidine rings is 1. The number of fused-ring (bicyclic) bond motifs is 1. The monoisotopic (exact) mass is 286 g/mol. The van der Waals surface area contributed by atoms with Crippen molar-refractivity contribution in [2.24, 2.45) is 5.92 Å². The Morgan fingerprint density at radius 3 is 2.86 bits per heavy atom. The summed E-state index contributed by atoms with van der Waals surface area (Å²) in [6.07, 6.45) is 8.30. The van der Waals surface area contributed by atoms with E-state index in [0.717, 1.165) is 17.7 Å². The van der Waals surface area contributed by atoms with E-state index in [2.05, 4.69) is 32.3 Å². The van der Waals surface area contributed by atoms with Crippen LogP contribution < -0.4 is 4.74 Å². The average molecular weight is 286 g/mol. The van der Waals surface area contributed by atoms with Crippen LogP contribution in [0, 0.1) is 5.92 Å². The molecule has 1 saturated carbocycles. The summed E-state index contributed by atoms with van der Waals surface area (Å²) in [5.41, 5.74) is 3.70. The maximum atomic E-state index is 5.53. The molecule has 1 aromatic rings. The second kappa shape index (κ2) is 4.49. The second-order valence-electron chi connectivity index (χ2n) is 8.06. The number of hydrogen-bond donors (Lipinski definition) is 0. The molecule has 0 N–H and O–H groups in total. The summed E-state index contributed by atoms with van der Waals surface area (Å²) in [5.74, 6) is 1.93. The number of likely N-dealkylation sites (N-methyl/N-ethyl adjacent to an activating group) is 1. The summed E-state index contributed by atoms with van der Waals surface area (Å²) in [6.45, 7) is 1.33. The van der Waals surface area contributed by atoms with E-state index in [1.165, 1.54) is 49.6 Å². The SMILES string of the molecule is COc1ccc2c(c1)[C@]13CCCC[C@@H]1[C@H](C2)[N+](C)(C)CC3. The highest BCUT2D eigenvalue weighted by molar-refractivity contribution is 5.45. The molecule has 2 bridgehead atoms. The first kappa shape index (κ1) is 13.6. The van der Waals surface area contributed by atoms with Crippen LogP contribution in [0.1, 0.15) is 43.2 Å². The highest BCUT2D eigenvalue weighted by Gasteiger charge is 2.57. The van der Waals surface area contributed by atoms with Gasteiger partial charge in [-0.05, 0) is 36.1 Å². The van der Waals surface area contributed by atoms with E-state index >= 15 is 0 Å². The lowest BCUT2D eigenvalue weighted by Crippen LogP contribution is -2.66. The number of hydrogen-bond acceptors (Lipinski definition) is 1. The van der Waals surface area contributed by atoms with Crippen molar-refractivity contribution in [2.45, 2.75) is 50.0 Å². The van der Waals surface area contributed by atoms with E-state index in [-0.39, 0.29) is 0 Å². The Morgan fingerprint density at radius 2 is 2.05 bits per heavy atom. The van der Waals surface area contributed by atoms with Crippen LogP contribution >= 0.6 is 0 Å². The van der Waals surface area contributed by atoms with Crippen LogP contribution in [-0.4, -0.2) is 38.3 Å². The summed E-state index contributed by atoms with van der Waals surface area (Å²) in [7, 11) is 6.71. The fourth-order valence-corrected chi connectivity index (χ4v) is 5.69. The topological polar surface area (TPSA) is 9.23 Å². The molecular weight excluding hydrogens is 258 g/mol. The lowest BCUT2D eigenvalue weighted by atomic mass is 9.52. The summed E-state index contributed by atoms with van der Waals surface area (Å²) in [4.78, 5) is 0. The van der Waals surface area contributed by atoms with Gasteiger partial charge in [-0.15, -0.1) is 0 Å². The van der Waals surface area contributed by atoms with Gasteiger partial charge in [-0.1, -0.05) is 18.9 Å². The molecule has 0 amide bonds. The minimum absolute atomic E-state index is 0.457. The van der Waals surface area contributed by atoms with Crippen molar-refractivity contribution in [3.63, 3.8) is 0 Å². The van der Waals surface area contributed by atoms with Gasteiger partial charge in [0.15, 0.2) is 0 Å². The van der Waals surface area contributed by atoms with Crippen molar-refractivity contribution in [1.82, 2.24) is 0 Å². The number of benzene rings is 1. The van der Waals surface area contributed by atoms with Crippen molar-refractivity contribution in [1.29, 1.82) is 0 Å². The predicted octanol–water partition coefficient (Wildman–Crippen LogP) is 3.53. The third-order valence-electron chi connectivity index (χ3n) is 6.88. The molecule has 0 radical (unpaired) electrons. The Bertz CT molecular complexity index is 565. The molecule has 1 aliphatic heterocycles. The van der Waals surface area contributed by atoms with Gasteiger partial charge in [0.05, 0.1) is 33.8 Å². The minimum Gasteiger partial charge on any atom is -0.497 e. The van der Waals surface area contributed by atoms with E-state index in [4.69, 9.17) is 4.74 Å². The van der Waals surface area contributed by atoms with Gasteiger partial charge in [-0.2, -0.15) is 0 Å². The van der Waals surface area contributed by atoms with Crippen LogP contribution in [-0.2, 0) is 11.8 Å². The largest absolute Gasteiger partial charge is 0.497 e. The molecule has 1 aromatic carbocycles. The smallest absolute Gasteiger partial charge is 0.119 e. The van der Waals surface area contributed by atoms with Crippen LogP contribution in [0.4, 0.5) is 0 Å². The van der Waals surface area contributed by atoms with Gasteiger partial charge >= 0.3 is 0 Å². The molecule has 4 rings (SSSR count). The summed E-state index contributed by atoms with van der Waals surface area (Å²) in [6, 6.07) is 7.70. The molecule has 0 aromatic heterocycles. The number of rotatable bonds is 1. The fourth-order valence-electron chi connectivity index (χ4n) is 5.69. The third kappa shape index (κ3) is 1.81. The van der Waals surface area contributed by atoms with Gasteiger partial charge in [0.1, 0.15) is 5.75 Å². The van der Waals surface area contributed by atoms with E-state index < -0.39 is 0 Å². The third-order valence-corrected chi connectivity index (χ3v) is 6.88. The van der Waals surface area contributed by atoms with Crippen LogP contribution in [0.2, 0.25) is 0 Å². The lowest BCUT2D eigenvalue weighted by molar-refractivity contribution is -0.927. The minimum atomic E-state index is 0.457. The molecular formula is C19H28NO+. The summed E-state index contributed by atoms with van der Waals surface area (Å²) in [5, 5.41) is 0. The quantitative estimate of drug-likeness (QED) is 0.718. The van der Waals surface area contributed by atoms with Gasteiger partial charge in [-0.3, -0.25) is 0 Å². The Morgan fingerprint density at radius 1 is 1.19 bits per heavy atom. The van der Waals surface area contributed by atoms with Crippen molar-refractivity contribution >= 4 is 0 Å². The Kier molecular flexibility index (Phi) is 2.91. The van der Waals surface area contributed by atoms with Crippen molar-refractivity contribution in [2.75, 3.05) is 27.7 Å². The molecule has 2 fully saturated rings. The first-order valence-corrected chi connectivity index (χ1v) is 8.57. The molecule has 0 unspecified atom stereocenters. The second-order valence-corrected chi connectivity index (χ2v) is 8.06. The Balaban J connectivity index is 1.89. The van der Waals surface area contributed by atoms with E-state index in [1.54, 1.807) is 18.2 Å². The van der Waals surface area contributed by atoms with Crippen LogP contribution in [0.15, 0.2) is 18.2 Å². The molecule has 3 atom stereocenters. The zero-order valence-electron chi connectivity index (χ0n) is 13.7. The zero-order valence-corrected chi connectivity index (χ0v) is 13.7. The number of quaternary nitrogens is 1. The van der Waals surface area contributed by atoms with Gasteiger partial charge in [0.2, 0.25) is 0 Å². The predicted molar refractivity (Wildman–Crippen MR) is 85.7 cm³/mol. The van der Waals surface area contributed by atoms with Crippen molar-refractivity contribution in [3.05, 3.63) is 29.3 Å². The molecule has 1 heterocycles. The maximum Gasteiger partial charge on any atom is 0.119 e. The zero-order chi connectivity index (χ0) is 14.7. The normalized spacial score (nSPS) is 36.5. The van der Waals surface area contributed by atoms with Gasteiger partial charge in [-0.25, -0.2) is 0 Å². The lowest BCUT2D eigenvalue weighted by Gasteiger charge is -2.60. The summed E-state index contributed by atoms with van der Waals surface area (Å²) >= 11 is 0. The Hall–Kier alpha value is -1.02. The number of ether oxygens (including phenoxy) is 1. The highest BCUT2D eigenvalue weighted by atomic mass is 16.5. The van der Waals surface area contributed by atoms with Crippen LogP contribution in [0.25, 0.3) is 0 Å². The van der Waals surface area contributed by atoms with Crippen LogP contribution in [0.5, 0.6) is 5.75 Å². The van der Waals surface area contributed by atoms with Crippen LogP contribution in [0.3, 0.4) is 0 Å². The van der Waals surface area contributed by atoms with Gasteiger partial charge < -0.3 is 9.22 Å². The fraction of sp³-hybridized carbons (Fsp3) is 0.684. The molecule has 2 aliphatic carbocycles. The van der Waals surface area contributed by atoms with Crippen molar-refractivity contribution in [3.8, 4) is 5.75 Å². The molecule has 2 heteroatoms. The first-order valence-electron chi connectivity index (χ1n) is 8.57. The molecule has 1 saturated heterocycles. The standard InChI is InChI=1S/C19H28NO/c1-20(2)11-10-19-9-5-4-6-16(19)18(20)12-14-7-8-15(21-3)13-17(14)19/h7-8,13,16,18H,4-6,9-12H2,1-3H3/q+1/t16-,18+,19+/m1/s1. The van der Waals surface area contributed by atoms with Gasteiger partial charge in [0, 0.05) is 24.2 Å². The van der Waals surface area contributed by atoms with E-state index in [0.29, 0.717) is 5.41 Å². The number of likely N-dealkylation sites (tertiary alicyclic amines) is 1. The molecule has 21 heavy (non-hydrogen) atoms. The average Bonchev–Trinajstić information content (AvgIpc) is 2.51. The molecule has 0 spiro atoms. The highest BCUT2D eigenvalue weighted by Crippen LogP contribution is 2.57. The molecule has 3 aliphatic rings. The van der Waals surface area contributed by atoms with Gasteiger partial charge in [0.25, 0.3) is 0 Å². The number of nitrogens with zero attached hydrogens (tertiary/aromatic N) is 1. The number of methoxy groups -OCH3 is 1. The maximum absolute atomic E-state index is 5.53. The molecule has 114 valence electrons. The first-order chi connectivity index (χ1) is 10.1.